The van der Waals surface area contributed by atoms with E-state index < -0.39 is 0 Å². The minimum absolute atomic E-state index is 0.758. The summed E-state index contributed by atoms with van der Waals surface area (Å²) in [4.78, 5) is 2.38. The molecule has 1 saturated heterocycles. The SMILES string of the molecule is CNCc1nnc(N2CCCCC2)c2ccccc12. The van der Waals surface area contributed by atoms with E-state index in [9.17, 15) is 0 Å². The van der Waals surface area contributed by atoms with Crippen LogP contribution in [0.3, 0.4) is 0 Å². The predicted molar refractivity (Wildman–Crippen MR) is 78.4 cm³/mol. The van der Waals surface area contributed by atoms with E-state index in [1.165, 1.54) is 30.0 Å². The van der Waals surface area contributed by atoms with Gasteiger partial charge in [0.1, 0.15) is 0 Å². The molecule has 1 aromatic heterocycles. The highest BCUT2D eigenvalue weighted by atomic mass is 15.3. The van der Waals surface area contributed by atoms with E-state index in [0.29, 0.717) is 0 Å². The van der Waals surface area contributed by atoms with Crippen molar-refractivity contribution < 1.29 is 0 Å². The molecule has 0 bridgehead atoms. The van der Waals surface area contributed by atoms with Crippen molar-refractivity contribution in [2.24, 2.45) is 0 Å². The van der Waals surface area contributed by atoms with E-state index in [-0.39, 0.29) is 0 Å². The van der Waals surface area contributed by atoms with Gasteiger partial charge >= 0.3 is 0 Å². The number of piperidine rings is 1. The maximum absolute atomic E-state index is 4.49. The molecule has 1 N–H and O–H groups in total. The fraction of sp³-hybridized carbons (Fsp3) is 0.467. The Labute approximate surface area is 113 Å². The first-order chi connectivity index (χ1) is 9.40. The van der Waals surface area contributed by atoms with E-state index in [4.69, 9.17) is 0 Å². The average molecular weight is 256 g/mol. The quantitative estimate of drug-likeness (QED) is 0.915. The van der Waals surface area contributed by atoms with Gasteiger partial charge in [0.25, 0.3) is 0 Å². The summed E-state index contributed by atoms with van der Waals surface area (Å²) in [6, 6.07) is 8.46. The first-order valence-electron chi connectivity index (χ1n) is 7.04. The molecule has 0 saturated carbocycles. The third-order valence-electron chi connectivity index (χ3n) is 3.74. The molecule has 1 aliphatic heterocycles. The highest BCUT2D eigenvalue weighted by Crippen LogP contribution is 2.27. The molecule has 2 aromatic rings. The van der Waals surface area contributed by atoms with Crippen LogP contribution in [0.1, 0.15) is 25.0 Å². The zero-order valence-corrected chi connectivity index (χ0v) is 11.4. The van der Waals surface area contributed by atoms with Crippen LogP contribution < -0.4 is 10.2 Å². The smallest absolute Gasteiger partial charge is 0.159 e. The van der Waals surface area contributed by atoms with Crippen LogP contribution in [-0.4, -0.2) is 30.3 Å². The van der Waals surface area contributed by atoms with Gasteiger partial charge in [0.2, 0.25) is 0 Å². The van der Waals surface area contributed by atoms with Gasteiger partial charge in [-0.2, -0.15) is 5.10 Å². The number of benzene rings is 1. The minimum atomic E-state index is 0.758. The first-order valence-corrected chi connectivity index (χ1v) is 7.04. The van der Waals surface area contributed by atoms with Gasteiger partial charge in [0.05, 0.1) is 5.69 Å². The van der Waals surface area contributed by atoms with Crippen molar-refractivity contribution in [2.75, 3.05) is 25.0 Å². The molecule has 19 heavy (non-hydrogen) atoms. The van der Waals surface area contributed by atoms with Crippen LogP contribution in [0.4, 0.5) is 5.82 Å². The molecule has 4 heteroatoms. The van der Waals surface area contributed by atoms with Crippen LogP contribution >= 0.6 is 0 Å². The monoisotopic (exact) mass is 256 g/mol. The van der Waals surface area contributed by atoms with Gasteiger partial charge in [-0.25, -0.2) is 0 Å². The molecule has 1 fully saturated rings. The molecule has 0 aliphatic carbocycles. The molecule has 1 aliphatic rings. The molecule has 0 amide bonds. The molecular weight excluding hydrogens is 236 g/mol. The number of nitrogens with zero attached hydrogens (tertiary/aromatic N) is 3. The average Bonchev–Trinajstić information content (AvgIpc) is 2.49. The Morgan fingerprint density at radius 1 is 1.05 bits per heavy atom. The van der Waals surface area contributed by atoms with Gasteiger partial charge in [-0.05, 0) is 26.3 Å². The lowest BCUT2D eigenvalue weighted by Gasteiger charge is -2.28. The Morgan fingerprint density at radius 2 is 1.79 bits per heavy atom. The summed E-state index contributed by atoms with van der Waals surface area (Å²) in [7, 11) is 1.94. The van der Waals surface area contributed by atoms with Crippen molar-refractivity contribution in [1.29, 1.82) is 0 Å². The van der Waals surface area contributed by atoms with Gasteiger partial charge in [0, 0.05) is 30.4 Å². The van der Waals surface area contributed by atoms with E-state index in [1.807, 2.05) is 7.05 Å². The summed E-state index contributed by atoms with van der Waals surface area (Å²) in [6.45, 7) is 2.96. The van der Waals surface area contributed by atoms with E-state index in [0.717, 1.165) is 31.1 Å². The number of aromatic nitrogens is 2. The van der Waals surface area contributed by atoms with Gasteiger partial charge in [-0.1, -0.05) is 24.3 Å². The molecule has 1 aromatic carbocycles. The summed E-state index contributed by atoms with van der Waals surface area (Å²) >= 11 is 0. The number of fused-ring (bicyclic) bond motifs is 1. The number of anilines is 1. The van der Waals surface area contributed by atoms with Crippen molar-refractivity contribution in [3.8, 4) is 0 Å². The molecule has 100 valence electrons. The molecule has 0 radical (unpaired) electrons. The molecule has 0 atom stereocenters. The maximum atomic E-state index is 4.49. The van der Waals surface area contributed by atoms with Crippen LogP contribution in [0.2, 0.25) is 0 Å². The Bertz CT molecular complexity index is 561. The van der Waals surface area contributed by atoms with Gasteiger partial charge in [0.15, 0.2) is 5.82 Å². The van der Waals surface area contributed by atoms with E-state index in [2.05, 4.69) is 44.7 Å². The minimum Gasteiger partial charge on any atom is -0.355 e. The van der Waals surface area contributed by atoms with Crippen LogP contribution in [-0.2, 0) is 6.54 Å². The lowest BCUT2D eigenvalue weighted by atomic mass is 10.1. The summed E-state index contributed by atoms with van der Waals surface area (Å²) < 4.78 is 0. The van der Waals surface area contributed by atoms with Crippen LogP contribution in [0.5, 0.6) is 0 Å². The van der Waals surface area contributed by atoms with Crippen molar-refractivity contribution in [1.82, 2.24) is 15.5 Å². The zero-order chi connectivity index (χ0) is 13.1. The molecule has 3 rings (SSSR count). The summed E-state index contributed by atoms with van der Waals surface area (Å²) in [5.41, 5.74) is 1.03. The Balaban J connectivity index is 2.07. The molecule has 4 nitrogen and oxygen atoms in total. The Hall–Kier alpha value is -1.68. The lowest BCUT2D eigenvalue weighted by molar-refractivity contribution is 0.572. The van der Waals surface area contributed by atoms with Gasteiger partial charge < -0.3 is 10.2 Å². The Kier molecular flexibility index (Phi) is 3.60. The standard InChI is InChI=1S/C15H20N4/c1-16-11-14-12-7-3-4-8-13(12)15(18-17-14)19-9-5-2-6-10-19/h3-4,7-8,16H,2,5-6,9-11H2,1H3. The van der Waals surface area contributed by atoms with Crippen molar-refractivity contribution >= 4 is 16.6 Å². The van der Waals surface area contributed by atoms with Crippen molar-refractivity contribution in [3.05, 3.63) is 30.0 Å². The zero-order valence-electron chi connectivity index (χ0n) is 11.4. The topological polar surface area (TPSA) is 41.1 Å². The van der Waals surface area contributed by atoms with Crippen molar-refractivity contribution in [2.45, 2.75) is 25.8 Å². The van der Waals surface area contributed by atoms with E-state index >= 15 is 0 Å². The fourth-order valence-corrected chi connectivity index (χ4v) is 2.78. The number of hydrogen-bond donors (Lipinski definition) is 1. The van der Waals surface area contributed by atoms with Gasteiger partial charge in [-0.3, -0.25) is 0 Å². The Morgan fingerprint density at radius 3 is 2.53 bits per heavy atom. The molecule has 0 spiro atoms. The third kappa shape index (κ3) is 2.40. The highest BCUT2D eigenvalue weighted by molar-refractivity contribution is 5.93. The van der Waals surface area contributed by atoms with Crippen LogP contribution in [0.15, 0.2) is 24.3 Å². The second kappa shape index (κ2) is 5.53. The van der Waals surface area contributed by atoms with Crippen LogP contribution in [0, 0.1) is 0 Å². The normalized spacial score (nSPS) is 15.9. The van der Waals surface area contributed by atoms with Crippen LogP contribution in [0.25, 0.3) is 10.8 Å². The molecule has 0 unspecified atom stereocenters. The largest absolute Gasteiger partial charge is 0.355 e. The van der Waals surface area contributed by atoms with E-state index in [1.54, 1.807) is 0 Å². The number of rotatable bonds is 3. The summed E-state index contributed by atoms with van der Waals surface area (Å²) in [5, 5.41) is 14.5. The molecular formula is C15H20N4. The fourth-order valence-electron chi connectivity index (χ4n) is 2.78. The summed E-state index contributed by atoms with van der Waals surface area (Å²) in [6.07, 6.45) is 3.85. The number of hydrogen-bond acceptors (Lipinski definition) is 4. The lowest BCUT2D eigenvalue weighted by Crippen LogP contribution is -2.30. The van der Waals surface area contributed by atoms with Gasteiger partial charge in [-0.15, -0.1) is 5.10 Å². The number of nitrogens with one attached hydrogen (secondary N) is 1. The second-order valence-corrected chi connectivity index (χ2v) is 5.09. The highest BCUT2D eigenvalue weighted by Gasteiger charge is 2.16. The van der Waals surface area contributed by atoms with Crippen molar-refractivity contribution in [3.63, 3.8) is 0 Å². The second-order valence-electron chi connectivity index (χ2n) is 5.09. The summed E-state index contributed by atoms with van der Waals surface area (Å²) in [5.74, 6) is 1.05. The first kappa shape index (κ1) is 12.4. The predicted octanol–water partition coefficient (Wildman–Crippen LogP) is 2.34. The molecule has 2 heterocycles. The third-order valence-corrected chi connectivity index (χ3v) is 3.74. The maximum Gasteiger partial charge on any atom is 0.159 e.